The van der Waals surface area contributed by atoms with Crippen molar-refractivity contribution < 1.29 is 5.11 Å². The second kappa shape index (κ2) is 7.83. The van der Waals surface area contributed by atoms with Gasteiger partial charge in [0.15, 0.2) is 0 Å². The number of nitrogens with one attached hydrogen (secondary N) is 1. The minimum Gasteiger partial charge on any atom is -0.396 e. The molecule has 2 saturated carbocycles. The van der Waals surface area contributed by atoms with E-state index in [0.29, 0.717) is 6.61 Å². The quantitative estimate of drug-likeness (QED) is 0.729. The largest absolute Gasteiger partial charge is 0.396 e. The smallest absolute Gasteiger partial charge is 0.0447 e. The number of rotatable bonds is 5. The summed E-state index contributed by atoms with van der Waals surface area (Å²) in [6, 6.07) is 0. The summed E-state index contributed by atoms with van der Waals surface area (Å²) in [7, 11) is 0. The molecule has 0 atom stereocenters. The van der Waals surface area contributed by atoms with E-state index in [1.807, 2.05) is 0 Å². The van der Waals surface area contributed by atoms with E-state index >= 15 is 0 Å². The van der Waals surface area contributed by atoms with Crippen molar-refractivity contribution >= 4 is 0 Å². The fraction of sp³-hybridized carbons (Fsp3) is 0.875. The Hall–Kier alpha value is -0.500. The number of aliphatic hydroxyl groups is 1. The van der Waals surface area contributed by atoms with Crippen LogP contribution in [0.3, 0.4) is 0 Å². The zero-order valence-electron chi connectivity index (χ0n) is 11.7. The zero-order valence-corrected chi connectivity index (χ0v) is 11.7. The predicted octanol–water partition coefficient (Wildman–Crippen LogP) is 3.76. The fourth-order valence-corrected chi connectivity index (χ4v) is 3.50. The Labute approximate surface area is 112 Å². The standard InChI is InChI=1S/C16H29NO/c18-13-7-12-17-16(14-8-3-1-4-9-14)15-10-5-2-6-11-15/h14,17-18H,1-13H2. The van der Waals surface area contributed by atoms with Crippen LogP contribution in [0, 0.1) is 5.92 Å². The zero-order chi connectivity index (χ0) is 12.6. The fourth-order valence-electron chi connectivity index (χ4n) is 3.50. The minimum absolute atomic E-state index is 0.306. The first-order chi connectivity index (χ1) is 8.92. The van der Waals surface area contributed by atoms with E-state index in [-0.39, 0.29) is 0 Å². The summed E-state index contributed by atoms with van der Waals surface area (Å²) in [5, 5.41) is 12.6. The van der Waals surface area contributed by atoms with E-state index < -0.39 is 0 Å². The van der Waals surface area contributed by atoms with Crippen molar-refractivity contribution in [3.05, 3.63) is 11.3 Å². The predicted molar refractivity (Wildman–Crippen MR) is 76.4 cm³/mol. The molecule has 0 unspecified atom stereocenters. The average molecular weight is 251 g/mol. The summed E-state index contributed by atoms with van der Waals surface area (Å²) in [6.07, 6.45) is 14.7. The van der Waals surface area contributed by atoms with Crippen LogP contribution in [-0.4, -0.2) is 18.3 Å². The molecule has 2 nitrogen and oxygen atoms in total. The van der Waals surface area contributed by atoms with Crippen molar-refractivity contribution in [1.82, 2.24) is 5.32 Å². The third-order valence-electron chi connectivity index (χ3n) is 4.50. The second-order valence-electron chi connectivity index (χ2n) is 5.92. The van der Waals surface area contributed by atoms with Gasteiger partial charge < -0.3 is 10.4 Å². The molecule has 0 bridgehead atoms. The molecule has 0 heterocycles. The SMILES string of the molecule is OCCCNC(=C1CCCCC1)C1CCCCC1. The van der Waals surface area contributed by atoms with Crippen LogP contribution in [-0.2, 0) is 0 Å². The van der Waals surface area contributed by atoms with Crippen LogP contribution < -0.4 is 5.32 Å². The Kier molecular flexibility index (Phi) is 6.06. The number of aliphatic hydroxyl groups excluding tert-OH is 1. The lowest BCUT2D eigenvalue weighted by Gasteiger charge is -2.30. The molecular formula is C16H29NO. The van der Waals surface area contributed by atoms with Crippen molar-refractivity contribution in [1.29, 1.82) is 0 Å². The van der Waals surface area contributed by atoms with Gasteiger partial charge in [0, 0.05) is 18.8 Å². The summed E-state index contributed by atoms with van der Waals surface area (Å²) >= 11 is 0. The Morgan fingerprint density at radius 3 is 2.33 bits per heavy atom. The molecule has 2 rings (SSSR count). The lowest BCUT2D eigenvalue weighted by molar-refractivity contribution is 0.285. The van der Waals surface area contributed by atoms with E-state index in [9.17, 15) is 0 Å². The molecule has 0 radical (unpaired) electrons. The monoisotopic (exact) mass is 251 g/mol. The molecule has 104 valence electrons. The van der Waals surface area contributed by atoms with Crippen LogP contribution in [0.2, 0.25) is 0 Å². The Balaban J connectivity index is 2.00. The molecule has 0 spiro atoms. The molecule has 2 N–H and O–H groups in total. The highest BCUT2D eigenvalue weighted by Crippen LogP contribution is 2.34. The first kappa shape index (κ1) is 13.9. The molecule has 2 aliphatic rings. The first-order valence-electron chi connectivity index (χ1n) is 7.98. The third kappa shape index (κ3) is 4.01. The van der Waals surface area contributed by atoms with Gasteiger partial charge in [-0.3, -0.25) is 0 Å². The van der Waals surface area contributed by atoms with Crippen molar-refractivity contribution in [3.63, 3.8) is 0 Å². The first-order valence-corrected chi connectivity index (χ1v) is 7.98. The highest BCUT2D eigenvalue weighted by atomic mass is 16.3. The maximum Gasteiger partial charge on any atom is 0.0447 e. The number of hydrogen-bond acceptors (Lipinski definition) is 2. The van der Waals surface area contributed by atoms with Gasteiger partial charge in [-0.2, -0.15) is 0 Å². The third-order valence-corrected chi connectivity index (χ3v) is 4.50. The van der Waals surface area contributed by atoms with Gasteiger partial charge in [-0.1, -0.05) is 31.3 Å². The summed E-state index contributed by atoms with van der Waals surface area (Å²) in [6.45, 7) is 1.26. The Bertz CT molecular complexity index is 258. The summed E-state index contributed by atoms with van der Waals surface area (Å²) in [4.78, 5) is 0. The van der Waals surface area contributed by atoms with Crippen LogP contribution in [0.25, 0.3) is 0 Å². The van der Waals surface area contributed by atoms with Gasteiger partial charge >= 0.3 is 0 Å². The molecule has 0 aromatic heterocycles. The number of hydrogen-bond donors (Lipinski definition) is 2. The summed E-state index contributed by atoms with van der Waals surface area (Å²) < 4.78 is 0. The molecule has 0 aromatic rings. The topological polar surface area (TPSA) is 32.3 Å². The molecule has 2 heteroatoms. The van der Waals surface area contributed by atoms with Gasteiger partial charge in [0.05, 0.1) is 0 Å². The lowest BCUT2D eigenvalue weighted by Crippen LogP contribution is -2.26. The van der Waals surface area contributed by atoms with Crippen LogP contribution in [0.1, 0.15) is 70.6 Å². The Morgan fingerprint density at radius 1 is 1.00 bits per heavy atom. The Morgan fingerprint density at radius 2 is 1.67 bits per heavy atom. The van der Waals surface area contributed by atoms with Crippen molar-refractivity contribution in [2.45, 2.75) is 70.6 Å². The van der Waals surface area contributed by atoms with E-state index in [1.165, 1.54) is 64.2 Å². The van der Waals surface area contributed by atoms with Crippen LogP contribution in [0.4, 0.5) is 0 Å². The van der Waals surface area contributed by atoms with E-state index in [1.54, 1.807) is 11.3 Å². The van der Waals surface area contributed by atoms with E-state index in [4.69, 9.17) is 5.11 Å². The van der Waals surface area contributed by atoms with Crippen molar-refractivity contribution in [2.75, 3.05) is 13.2 Å². The molecule has 2 aliphatic carbocycles. The highest BCUT2D eigenvalue weighted by Gasteiger charge is 2.21. The maximum atomic E-state index is 8.94. The van der Waals surface area contributed by atoms with E-state index in [2.05, 4.69) is 5.32 Å². The second-order valence-corrected chi connectivity index (χ2v) is 5.92. The summed E-state index contributed by atoms with van der Waals surface area (Å²) in [5.74, 6) is 0.797. The van der Waals surface area contributed by atoms with Gasteiger partial charge in [-0.05, 0) is 50.9 Å². The van der Waals surface area contributed by atoms with E-state index in [0.717, 1.165) is 18.9 Å². The molecule has 0 amide bonds. The molecule has 0 saturated heterocycles. The molecule has 0 aromatic carbocycles. The number of allylic oxidation sites excluding steroid dienone is 2. The van der Waals surface area contributed by atoms with Crippen LogP contribution in [0.15, 0.2) is 11.3 Å². The van der Waals surface area contributed by atoms with Gasteiger partial charge in [0.1, 0.15) is 0 Å². The molecular weight excluding hydrogens is 222 g/mol. The molecule has 2 fully saturated rings. The molecule has 0 aliphatic heterocycles. The van der Waals surface area contributed by atoms with Crippen LogP contribution in [0.5, 0.6) is 0 Å². The lowest BCUT2D eigenvalue weighted by atomic mass is 9.82. The van der Waals surface area contributed by atoms with Gasteiger partial charge in [0.2, 0.25) is 0 Å². The van der Waals surface area contributed by atoms with Gasteiger partial charge in [-0.25, -0.2) is 0 Å². The van der Waals surface area contributed by atoms with Crippen molar-refractivity contribution in [3.8, 4) is 0 Å². The normalized spacial score (nSPS) is 21.9. The highest BCUT2D eigenvalue weighted by molar-refractivity contribution is 5.17. The van der Waals surface area contributed by atoms with Gasteiger partial charge in [0.25, 0.3) is 0 Å². The van der Waals surface area contributed by atoms with Crippen molar-refractivity contribution in [2.24, 2.45) is 5.92 Å². The average Bonchev–Trinajstić information content (AvgIpc) is 2.46. The van der Waals surface area contributed by atoms with Crippen LogP contribution >= 0.6 is 0 Å². The van der Waals surface area contributed by atoms with Gasteiger partial charge in [-0.15, -0.1) is 0 Å². The molecule has 18 heavy (non-hydrogen) atoms. The summed E-state index contributed by atoms with van der Waals surface area (Å²) in [5.41, 5.74) is 3.30. The minimum atomic E-state index is 0.306. The maximum absolute atomic E-state index is 8.94.